The van der Waals surface area contributed by atoms with E-state index in [1.807, 2.05) is 44.2 Å². The highest BCUT2D eigenvalue weighted by atomic mass is 32.2. The van der Waals surface area contributed by atoms with Gasteiger partial charge in [0, 0.05) is 11.9 Å². The molecule has 1 atom stereocenters. The molecule has 0 aliphatic carbocycles. The lowest BCUT2D eigenvalue weighted by Gasteiger charge is -2.14. The summed E-state index contributed by atoms with van der Waals surface area (Å²) in [6.07, 6.45) is 1.71. The van der Waals surface area contributed by atoms with Gasteiger partial charge in [-0.1, -0.05) is 30.0 Å². The number of carbonyl (C=O) groups is 1. The topological polar surface area (TPSA) is 62.2 Å². The normalized spacial score (nSPS) is 12.0. The van der Waals surface area contributed by atoms with Gasteiger partial charge < -0.3 is 10.4 Å². The molecule has 1 unspecified atom stereocenters. The molecule has 0 bridgehead atoms. The van der Waals surface area contributed by atoms with E-state index in [4.69, 9.17) is 5.11 Å². The molecule has 110 valence electrons. The first kappa shape index (κ1) is 15.5. The average Bonchev–Trinajstić information content (AvgIpc) is 2.50. The van der Waals surface area contributed by atoms with E-state index in [1.165, 1.54) is 11.8 Å². The number of aliphatic hydroxyl groups excluding tert-OH is 1. The maximum absolute atomic E-state index is 12.2. The van der Waals surface area contributed by atoms with Gasteiger partial charge in [-0.15, -0.1) is 0 Å². The summed E-state index contributed by atoms with van der Waals surface area (Å²) in [5.41, 5.74) is 2.48. The highest BCUT2D eigenvalue weighted by Gasteiger charge is 2.16. The molecule has 2 rings (SSSR count). The highest BCUT2D eigenvalue weighted by molar-refractivity contribution is 8.00. The van der Waals surface area contributed by atoms with E-state index in [-0.39, 0.29) is 17.8 Å². The van der Waals surface area contributed by atoms with Crippen molar-refractivity contribution in [1.82, 2.24) is 4.98 Å². The van der Waals surface area contributed by atoms with E-state index in [2.05, 4.69) is 10.3 Å². The molecular weight excluding hydrogens is 284 g/mol. The zero-order valence-electron chi connectivity index (χ0n) is 12.0. The Kier molecular flexibility index (Phi) is 5.36. The number of aromatic nitrogens is 1. The summed E-state index contributed by atoms with van der Waals surface area (Å²) in [5.74, 6) is -0.0798. The van der Waals surface area contributed by atoms with E-state index >= 15 is 0 Å². The highest BCUT2D eigenvalue weighted by Crippen LogP contribution is 2.23. The lowest BCUT2D eigenvalue weighted by atomic mass is 10.1. The molecule has 2 N–H and O–H groups in total. The van der Waals surface area contributed by atoms with Crippen molar-refractivity contribution < 1.29 is 9.90 Å². The monoisotopic (exact) mass is 302 g/mol. The van der Waals surface area contributed by atoms with Gasteiger partial charge in [0.05, 0.1) is 16.9 Å². The van der Waals surface area contributed by atoms with Gasteiger partial charge in [0.15, 0.2) is 0 Å². The van der Waals surface area contributed by atoms with Crippen molar-refractivity contribution in [2.45, 2.75) is 30.7 Å². The summed E-state index contributed by atoms with van der Waals surface area (Å²) < 4.78 is 0. The van der Waals surface area contributed by atoms with Gasteiger partial charge in [0.25, 0.3) is 0 Å². The van der Waals surface area contributed by atoms with Crippen LogP contribution >= 0.6 is 11.8 Å². The Morgan fingerprint density at radius 3 is 2.86 bits per heavy atom. The van der Waals surface area contributed by atoms with Crippen molar-refractivity contribution in [1.29, 1.82) is 0 Å². The van der Waals surface area contributed by atoms with Crippen molar-refractivity contribution >= 4 is 23.4 Å². The van der Waals surface area contributed by atoms with Gasteiger partial charge in [-0.25, -0.2) is 4.98 Å². The maximum Gasteiger partial charge on any atom is 0.237 e. The number of pyridine rings is 1. The number of anilines is 1. The standard InChI is InChI=1S/C16H18N2O2S/c1-11-6-7-13(10-19)9-14(11)18-16(20)12(2)21-15-5-3-4-8-17-15/h3-9,12,19H,10H2,1-2H3,(H,18,20). The average molecular weight is 302 g/mol. The number of hydrogen-bond acceptors (Lipinski definition) is 4. The predicted molar refractivity (Wildman–Crippen MR) is 85.3 cm³/mol. The Hall–Kier alpha value is -1.85. The zero-order valence-corrected chi connectivity index (χ0v) is 12.9. The number of carbonyl (C=O) groups excluding carboxylic acids is 1. The van der Waals surface area contributed by atoms with Crippen molar-refractivity contribution in [2.24, 2.45) is 0 Å². The molecule has 0 aliphatic heterocycles. The lowest BCUT2D eigenvalue weighted by Crippen LogP contribution is -2.23. The molecule has 4 nitrogen and oxygen atoms in total. The molecule has 0 saturated heterocycles. The fraction of sp³-hybridized carbons (Fsp3) is 0.250. The van der Waals surface area contributed by atoms with Crippen LogP contribution in [0.15, 0.2) is 47.6 Å². The summed E-state index contributed by atoms with van der Waals surface area (Å²) in [6.45, 7) is 3.73. The molecule has 0 fully saturated rings. The predicted octanol–water partition coefficient (Wildman–Crippen LogP) is 3.00. The smallest absolute Gasteiger partial charge is 0.237 e. The number of rotatable bonds is 5. The molecule has 0 saturated carbocycles. The van der Waals surface area contributed by atoms with Crippen LogP contribution in [0.2, 0.25) is 0 Å². The van der Waals surface area contributed by atoms with Crippen LogP contribution in [0.5, 0.6) is 0 Å². The van der Waals surface area contributed by atoms with Gasteiger partial charge in [0.2, 0.25) is 5.91 Å². The summed E-state index contributed by atoms with van der Waals surface area (Å²) in [5, 5.41) is 12.6. The summed E-state index contributed by atoms with van der Waals surface area (Å²) in [6, 6.07) is 11.2. The second-order valence-electron chi connectivity index (χ2n) is 4.72. The maximum atomic E-state index is 12.2. The van der Waals surface area contributed by atoms with Crippen LogP contribution in [-0.2, 0) is 11.4 Å². The molecule has 2 aromatic rings. The molecule has 1 amide bonds. The number of aliphatic hydroxyl groups is 1. The second kappa shape index (κ2) is 7.24. The first-order chi connectivity index (χ1) is 10.1. The summed E-state index contributed by atoms with van der Waals surface area (Å²) in [7, 11) is 0. The van der Waals surface area contributed by atoms with Crippen LogP contribution in [0, 0.1) is 6.92 Å². The van der Waals surface area contributed by atoms with E-state index in [0.29, 0.717) is 0 Å². The SMILES string of the molecule is Cc1ccc(CO)cc1NC(=O)C(C)Sc1ccccn1. The number of nitrogens with one attached hydrogen (secondary N) is 1. The summed E-state index contributed by atoms with van der Waals surface area (Å²) >= 11 is 1.41. The minimum atomic E-state index is -0.253. The largest absolute Gasteiger partial charge is 0.392 e. The van der Waals surface area contributed by atoms with Crippen LogP contribution in [0.4, 0.5) is 5.69 Å². The van der Waals surface area contributed by atoms with Gasteiger partial charge in [-0.3, -0.25) is 4.79 Å². The van der Waals surface area contributed by atoms with E-state index < -0.39 is 0 Å². The van der Waals surface area contributed by atoms with Crippen LogP contribution in [0.3, 0.4) is 0 Å². The molecule has 1 aromatic carbocycles. The van der Waals surface area contributed by atoms with Gasteiger partial charge in [-0.2, -0.15) is 0 Å². The molecular formula is C16H18N2O2S. The minimum Gasteiger partial charge on any atom is -0.392 e. The molecule has 1 aromatic heterocycles. The number of aryl methyl sites for hydroxylation is 1. The van der Waals surface area contributed by atoms with Crippen LogP contribution in [0.25, 0.3) is 0 Å². The molecule has 0 radical (unpaired) electrons. The molecule has 1 heterocycles. The number of hydrogen-bond donors (Lipinski definition) is 2. The third-order valence-corrected chi connectivity index (χ3v) is 4.10. The van der Waals surface area contributed by atoms with Crippen molar-refractivity contribution in [3.8, 4) is 0 Å². The lowest BCUT2D eigenvalue weighted by molar-refractivity contribution is -0.115. The first-order valence-corrected chi connectivity index (χ1v) is 7.57. The minimum absolute atomic E-state index is 0.0403. The van der Waals surface area contributed by atoms with Crippen molar-refractivity contribution in [3.05, 3.63) is 53.7 Å². The molecule has 0 spiro atoms. The first-order valence-electron chi connectivity index (χ1n) is 6.69. The van der Waals surface area contributed by atoms with E-state index in [1.54, 1.807) is 12.3 Å². The fourth-order valence-electron chi connectivity index (χ4n) is 1.79. The Bertz CT molecular complexity index is 617. The van der Waals surface area contributed by atoms with Crippen LogP contribution in [-0.4, -0.2) is 21.2 Å². The Balaban J connectivity index is 2.04. The number of amides is 1. The third kappa shape index (κ3) is 4.31. The van der Waals surface area contributed by atoms with Crippen LogP contribution < -0.4 is 5.32 Å². The second-order valence-corrected chi connectivity index (χ2v) is 6.09. The molecule has 0 aliphatic rings. The van der Waals surface area contributed by atoms with Crippen LogP contribution in [0.1, 0.15) is 18.1 Å². The van der Waals surface area contributed by atoms with E-state index in [9.17, 15) is 4.79 Å². The number of benzene rings is 1. The molecule has 21 heavy (non-hydrogen) atoms. The Labute approximate surface area is 128 Å². The number of thioether (sulfide) groups is 1. The molecule has 5 heteroatoms. The van der Waals surface area contributed by atoms with E-state index in [0.717, 1.165) is 21.8 Å². The van der Waals surface area contributed by atoms with Crippen molar-refractivity contribution in [2.75, 3.05) is 5.32 Å². The number of nitrogens with zero attached hydrogens (tertiary/aromatic N) is 1. The summed E-state index contributed by atoms with van der Waals surface area (Å²) in [4.78, 5) is 16.4. The van der Waals surface area contributed by atoms with Gasteiger partial charge in [-0.05, 0) is 43.2 Å². The Morgan fingerprint density at radius 1 is 1.38 bits per heavy atom. The third-order valence-electron chi connectivity index (χ3n) is 3.05. The quantitative estimate of drug-likeness (QED) is 0.834. The zero-order chi connectivity index (χ0) is 15.2. The van der Waals surface area contributed by atoms with Gasteiger partial charge in [0.1, 0.15) is 0 Å². The van der Waals surface area contributed by atoms with Crippen molar-refractivity contribution in [3.63, 3.8) is 0 Å². The van der Waals surface area contributed by atoms with Gasteiger partial charge >= 0.3 is 0 Å². The Morgan fingerprint density at radius 2 is 2.19 bits per heavy atom. The fourth-order valence-corrected chi connectivity index (χ4v) is 2.60.